The fraction of sp³-hybridized carbons (Fsp3) is 0.316. The Kier molecular flexibility index (Phi) is 6.22. The van der Waals surface area contributed by atoms with Crippen molar-refractivity contribution in [2.75, 3.05) is 7.11 Å². The van der Waals surface area contributed by atoms with Crippen LogP contribution in [0.4, 0.5) is 0 Å². The van der Waals surface area contributed by atoms with E-state index in [1.54, 1.807) is 7.11 Å². The predicted molar refractivity (Wildman–Crippen MR) is 96.9 cm³/mol. The van der Waals surface area contributed by atoms with Gasteiger partial charge in [0, 0.05) is 16.1 Å². The average Bonchev–Trinajstić information content (AvgIpc) is 2.53. The van der Waals surface area contributed by atoms with E-state index in [2.05, 4.69) is 21.2 Å². The summed E-state index contributed by atoms with van der Waals surface area (Å²) in [5.74, 6) is 0.450. The van der Waals surface area contributed by atoms with Crippen LogP contribution in [0.5, 0.6) is 5.75 Å². The van der Waals surface area contributed by atoms with Gasteiger partial charge >= 0.3 is 0 Å². The van der Waals surface area contributed by atoms with E-state index in [0.29, 0.717) is 6.42 Å². The molecular formula is C19H22BrNO2. The van der Waals surface area contributed by atoms with E-state index in [-0.39, 0.29) is 17.9 Å². The smallest absolute Gasteiger partial charge is 0.228 e. The van der Waals surface area contributed by atoms with Crippen LogP contribution in [0, 0.1) is 0 Å². The molecule has 0 fully saturated rings. The molecule has 23 heavy (non-hydrogen) atoms. The van der Waals surface area contributed by atoms with Crippen molar-refractivity contribution >= 4 is 21.8 Å². The molecule has 0 heterocycles. The van der Waals surface area contributed by atoms with E-state index in [4.69, 9.17) is 4.74 Å². The summed E-state index contributed by atoms with van der Waals surface area (Å²) in [6, 6.07) is 15.9. The van der Waals surface area contributed by atoms with Crippen LogP contribution < -0.4 is 10.1 Å². The summed E-state index contributed by atoms with van der Waals surface area (Å²) in [5, 5.41) is 3.02. The van der Waals surface area contributed by atoms with Gasteiger partial charge < -0.3 is 10.1 Å². The first-order valence-electron chi connectivity index (χ1n) is 7.69. The zero-order valence-corrected chi connectivity index (χ0v) is 15.3. The Hall–Kier alpha value is -1.81. The molecule has 2 aromatic rings. The quantitative estimate of drug-likeness (QED) is 0.816. The lowest BCUT2D eigenvalue weighted by Crippen LogP contribution is -2.35. The Labute approximate surface area is 146 Å². The van der Waals surface area contributed by atoms with E-state index in [0.717, 1.165) is 21.3 Å². The number of carbonyl (C=O) groups is 1. The lowest BCUT2D eigenvalue weighted by Gasteiger charge is -2.21. The van der Waals surface area contributed by atoms with Crippen LogP contribution in [0.25, 0.3) is 0 Å². The zero-order chi connectivity index (χ0) is 16.8. The first kappa shape index (κ1) is 17.5. The van der Waals surface area contributed by atoms with Gasteiger partial charge in [-0.25, -0.2) is 0 Å². The molecule has 0 aliphatic heterocycles. The molecule has 0 bridgehead atoms. The monoisotopic (exact) mass is 375 g/mol. The summed E-state index contributed by atoms with van der Waals surface area (Å²) >= 11 is 3.45. The highest BCUT2D eigenvalue weighted by atomic mass is 79.9. The number of hydrogen-bond donors (Lipinski definition) is 1. The average molecular weight is 376 g/mol. The van der Waals surface area contributed by atoms with Gasteiger partial charge in [-0.15, -0.1) is 0 Å². The Bertz CT molecular complexity index is 656. The van der Waals surface area contributed by atoms with Crippen molar-refractivity contribution in [2.24, 2.45) is 0 Å². The highest BCUT2D eigenvalue weighted by Gasteiger charge is 2.25. The maximum atomic E-state index is 12.7. The van der Waals surface area contributed by atoms with Crippen molar-refractivity contribution in [3.63, 3.8) is 0 Å². The van der Waals surface area contributed by atoms with Crippen LogP contribution >= 0.6 is 15.9 Å². The molecule has 0 saturated heterocycles. The molecule has 1 amide bonds. The standard InChI is InChI=1S/C19H22BrNO2/c1-13(2)21-19(22)17(11-14-7-5-4-6-8-14)16-10-9-15(20)12-18(16)23-3/h4-10,12-13,17H,11H2,1-3H3,(H,21,22). The molecule has 1 N–H and O–H groups in total. The zero-order valence-electron chi connectivity index (χ0n) is 13.7. The molecule has 4 heteroatoms. The van der Waals surface area contributed by atoms with Crippen molar-refractivity contribution in [3.05, 3.63) is 64.1 Å². The lowest BCUT2D eigenvalue weighted by atomic mass is 9.90. The largest absolute Gasteiger partial charge is 0.496 e. The molecule has 0 spiro atoms. The maximum Gasteiger partial charge on any atom is 0.228 e. The highest BCUT2D eigenvalue weighted by Crippen LogP contribution is 2.32. The number of rotatable bonds is 6. The number of halogens is 1. The number of ether oxygens (including phenoxy) is 1. The second-order valence-corrected chi connectivity index (χ2v) is 6.71. The van der Waals surface area contributed by atoms with E-state index in [1.807, 2.05) is 62.4 Å². The van der Waals surface area contributed by atoms with Gasteiger partial charge in [-0.1, -0.05) is 52.3 Å². The van der Waals surface area contributed by atoms with E-state index in [1.165, 1.54) is 0 Å². The molecule has 1 unspecified atom stereocenters. The summed E-state index contributed by atoms with van der Waals surface area (Å²) in [7, 11) is 1.63. The molecule has 2 aromatic carbocycles. The van der Waals surface area contributed by atoms with Gasteiger partial charge in [-0.05, 0) is 38.0 Å². The fourth-order valence-electron chi connectivity index (χ4n) is 2.55. The minimum Gasteiger partial charge on any atom is -0.496 e. The second kappa shape index (κ2) is 8.16. The second-order valence-electron chi connectivity index (χ2n) is 5.79. The van der Waals surface area contributed by atoms with Crippen LogP contribution in [0.1, 0.15) is 30.9 Å². The Morgan fingerprint density at radius 2 is 1.87 bits per heavy atom. The van der Waals surface area contributed by atoms with Gasteiger partial charge in [-0.3, -0.25) is 4.79 Å². The number of nitrogens with one attached hydrogen (secondary N) is 1. The van der Waals surface area contributed by atoms with Crippen molar-refractivity contribution in [3.8, 4) is 5.75 Å². The van der Waals surface area contributed by atoms with Gasteiger partial charge in [0.05, 0.1) is 13.0 Å². The number of amides is 1. The number of benzene rings is 2. The summed E-state index contributed by atoms with van der Waals surface area (Å²) in [6.07, 6.45) is 0.636. The lowest BCUT2D eigenvalue weighted by molar-refractivity contribution is -0.123. The SMILES string of the molecule is COc1cc(Br)ccc1C(Cc1ccccc1)C(=O)NC(C)C. The van der Waals surface area contributed by atoms with Crippen molar-refractivity contribution in [1.82, 2.24) is 5.32 Å². The molecule has 122 valence electrons. The minimum absolute atomic E-state index is 0.0180. The summed E-state index contributed by atoms with van der Waals surface area (Å²) in [6.45, 7) is 3.94. The highest BCUT2D eigenvalue weighted by molar-refractivity contribution is 9.10. The Morgan fingerprint density at radius 3 is 2.48 bits per heavy atom. The predicted octanol–water partition coefficient (Wildman–Crippen LogP) is 4.31. The topological polar surface area (TPSA) is 38.3 Å². The third-order valence-corrected chi connectivity index (χ3v) is 4.09. The first-order valence-corrected chi connectivity index (χ1v) is 8.48. The van der Waals surface area contributed by atoms with Crippen LogP contribution in [0.2, 0.25) is 0 Å². The molecule has 0 saturated carbocycles. The van der Waals surface area contributed by atoms with Gasteiger partial charge in [0.2, 0.25) is 5.91 Å². The molecule has 0 aliphatic rings. The molecule has 0 aliphatic carbocycles. The van der Waals surface area contributed by atoms with E-state index < -0.39 is 0 Å². The van der Waals surface area contributed by atoms with Crippen molar-refractivity contribution in [1.29, 1.82) is 0 Å². The minimum atomic E-state index is -0.289. The Morgan fingerprint density at radius 1 is 1.17 bits per heavy atom. The molecule has 1 atom stereocenters. The normalized spacial score (nSPS) is 12.0. The molecule has 0 aromatic heterocycles. The number of carbonyl (C=O) groups excluding carboxylic acids is 1. The third-order valence-electron chi connectivity index (χ3n) is 3.60. The van der Waals surface area contributed by atoms with Gasteiger partial charge in [0.25, 0.3) is 0 Å². The molecular weight excluding hydrogens is 354 g/mol. The maximum absolute atomic E-state index is 12.7. The van der Waals surface area contributed by atoms with Crippen molar-refractivity contribution < 1.29 is 9.53 Å². The van der Waals surface area contributed by atoms with Crippen LogP contribution in [-0.2, 0) is 11.2 Å². The van der Waals surface area contributed by atoms with E-state index in [9.17, 15) is 4.79 Å². The van der Waals surface area contributed by atoms with E-state index >= 15 is 0 Å². The van der Waals surface area contributed by atoms with Crippen molar-refractivity contribution in [2.45, 2.75) is 32.2 Å². The van der Waals surface area contributed by atoms with Crippen LogP contribution in [0.15, 0.2) is 53.0 Å². The number of methoxy groups -OCH3 is 1. The summed E-state index contributed by atoms with van der Waals surface area (Å²) in [5.41, 5.74) is 2.03. The molecule has 0 radical (unpaired) electrons. The van der Waals surface area contributed by atoms with Crippen LogP contribution in [-0.4, -0.2) is 19.1 Å². The fourth-order valence-corrected chi connectivity index (χ4v) is 2.89. The first-order chi connectivity index (χ1) is 11.0. The Balaban J connectivity index is 2.38. The molecule has 3 nitrogen and oxygen atoms in total. The van der Waals surface area contributed by atoms with Gasteiger partial charge in [0.15, 0.2) is 0 Å². The third kappa shape index (κ3) is 4.83. The van der Waals surface area contributed by atoms with Gasteiger partial charge in [-0.2, -0.15) is 0 Å². The van der Waals surface area contributed by atoms with Crippen LogP contribution in [0.3, 0.4) is 0 Å². The number of hydrogen-bond acceptors (Lipinski definition) is 2. The van der Waals surface area contributed by atoms with Gasteiger partial charge in [0.1, 0.15) is 5.75 Å². The molecule has 2 rings (SSSR count). The summed E-state index contributed by atoms with van der Waals surface area (Å²) < 4.78 is 6.42. The summed E-state index contributed by atoms with van der Waals surface area (Å²) in [4.78, 5) is 12.7.